The minimum Gasteiger partial charge on any atom is -0.497 e. The molecule has 186 valence electrons. The van der Waals surface area contributed by atoms with Crippen molar-refractivity contribution in [2.24, 2.45) is 0 Å². The summed E-state index contributed by atoms with van der Waals surface area (Å²) in [6.07, 6.45) is 2.13. The molecule has 0 atom stereocenters. The van der Waals surface area contributed by atoms with Crippen molar-refractivity contribution in [3.05, 3.63) is 108 Å². The first-order valence-corrected chi connectivity index (χ1v) is 12.7. The van der Waals surface area contributed by atoms with E-state index in [-0.39, 0.29) is 11.6 Å². The van der Waals surface area contributed by atoms with Crippen LogP contribution in [-0.4, -0.2) is 39.3 Å². The van der Waals surface area contributed by atoms with E-state index in [0.717, 1.165) is 29.0 Å². The highest BCUT2D eigenvalue weighted by Crippen LogP contribution is 2.31. The van der Waals surface area contributed by atoms with Gasteiger partial charge in [-0.2, -0.15) is 0 Å². The van der Waals surface area contributed by atoms with E-state index in [1.54, 1.807) is 7.11 Å². The van der Waals surface area contributed by atoms with Crippen LogP contribution in [0.2, 0.25) is 0 Å². The van der Waals surface area contributed by atoms with Gasteiger partial charge in [0.1, 0.15) is 12.0 Å². The van der Waals surface area contributed by atoms with E-state index in [1.807, 2.05) is 89.5 Å². The number of benzene rings is 3. The predicted molar refractivity (Wildman–Crippen MR) is 142 cm³/mol. The number of aromatic nitrogens is 4. The molecular formula is C28H25N5O3S. The molecule has 1 amide bonds. The third-order valence-corrected chi connectivity index (χ3v) is 6.54. The van der Waals surface area contributed by atoms with Gasteiger partial charge in [-0.3, -0.25) is 9.36 Å². The van der Waals surface area contributed by atoms with E-state index in [2.05, 4.69) is 20.5 Å². The van der Waals surface area contributed by atoms with Crippen molar-refractivity contribution >= 4 is 17.7 Å². The van der Waals surface area contributed by atoms with Crippen LogP contribution in [0.1, 0.15) is 21.9 Å². The lowest BCUT2D eigenvalue weighted by atomic mass is 10.1. The number of hydrogen-bond donors (Lipinski definition) is 1. The Hall–Kier alpha value is -4.37. The quantitative estimate of drug-likeness (QED) is 0.258. The fourth-order valence-corrected chi connectivity index (χ4v) is 4.59. The SMILES string of the molecule is COc1cccc(-c2nnc(SCc3nc(C(=O)NCCc4ccccc4)co3)n2-c2ccccc2)c1. The summed E-state index contributed by atoms with van der Waals surface area (Å²) in [5.74, 6) is 2.00. The lowest BCUT2D eigenvalue weighted by molar-refractivity contribution is 0.0949. The van der Waals surface area contributed by atoms with Gasteiger partial charge in [-0.25, -0.2) is 4.98 Å². The van der Waals surface area contributed by atoms with Gasteiger partial charge in [-0.15, -0.1) is 10.2 Å². The number of hydrogen-bond acceptors (Lipinski definition) is 7. The average molecular weight is 512 g/mol. The lowest BCUT2D eigenvalue weighted by Crippen LogP contribution is -2.26. The zero-order valence-corrected chi connectivity index (χ0v) is 21.0. The zero-order chi connectivity index (χ0) is 25.5. The molecule has 8 nitrogen and oxygen atoms in total. The lowest BCUT2D eigenvalue weighted by Gasteiger charge is -2.10. The maximum atomic E-state index is 12.5. The van der Waals surface area contributed by atoms with Crippen molar-refractivity contribution in [1.82, 2.24) is 25.1 Å². The van der Waals surface area contributed by atoms with Gasteiger partial charge in [0.25, 0.3) is 5.91 Å². The molecule has 0 saturated heterocycles. The minimum absolute atomic E-state index is 0.255. The first kappa shape index (κ1) is 24.3. The molecule has 0 fully saturated rings. The third-order valence-electron chi connectivity index (χ3n) is 5.63. The maximum absolute atomic E-state index is 12.5. The fraction of sp³-hybridized carbons (Fsp3) is 0.143. The summed E-state index contributed by atoms with van der Waals surface area (Å²) in [5, 5.41) is 12.5. The smallest absolute Gasteiger partial charge is 0.273 e. The number of thioether (sulfide) groups is 1. The number of rotatable bonds is 10. The summed E-state index contributed by atoms with van der Waals surface area (Å²) in [5.41, 5.74) is 3.23. The van der Waals surface area contributed by atoms with Crippen LogP contribution in [0.3, 0.4) is 0 Å². The van der Waals surface area contributed by atoms with Crippen LogP contribution in [0.4, 0.5) is 0 Å². The molecule has 0 spiro atoms. The summed E-state index contributed by atoms with van der Waals surface area (Å²) < 4.78 is 12.9. The van der Waals surface area contributed by atoms with Crippen molar-refractivity contribution in [2.45, 2.75) is 17.3 Å². The molecule has 3 aromatic carbocycles. The number of amides is 1. The number of ether oxygens (including phenoxy) is 1. The molecule has 9 heteroatoms. The second kappa shape index (κ2) is 11.6. The Morgan fingerprint density at radius 2 is 1.78 bits per heavy atom. The molecule has 1 N–H and O–H groups in total. The second-order valence-corrected chi connectivity index (χ2v) is 9.06. The average Bonchev–Trinajstić information content (AvgIpc) is 3.60. The Morgan fingerprint density at radius 1 is 1.00 bits per heavy atom. The van der Waals surface area contributed by atoms with E-state index in [1.165, 1.54) is 18.0 Å². The topological polar surface area (TPSA) is 95.1 Å². The number of carbonyl (C=O) groups is 1. The van der Waals surface area contributed by atoms with E-state index in [0.29, 0.717) is 29.2 Å². The van der Waals surface area contributed by atoms with Crippen molar-refractivity contribution in [3.63, 3.8) is 0 Å². The Bertz CT molecular complexity index is 1470. The first-order chi connectivity index (χ1) is 18.2. The van der Waals surface area contributed by atoms with Gasteiger partial charge in [0.15, 0.2) is 16.7 Å². The maximum Gasteiger partial charge on any atom is 0.273 e. The number of nitrogens with one attached hydrogen (secondary N) is 1. The van der Waals surface area contributed by atoms with Gasteiger partial charge in [0.2, 0.25) is 5.89 Å². The molecule has 5 rings (SSSR count). The second-order valence-electron chi connectivity index (χ2n) is 8.12. The highest BCUT2D eigenvalue weighted by molar-refractivity contribution is 7.98. The summed E-state index contributed by atoms with van der Waals surface area (Å²) in [4.78, 5) is 16.9. The normalized spacial score (nSPS) is 10.8. The number of carbonyl (C=O) groups excluding carboxylic acids is 1. The first-order valence-electron chi connectivity index (χ1n) is 11.8. The van der Waals surface area contributed by atoms with Crippen LogP contribution in [0.25, 0.3) is 17.1 Å². The monoisotopic (exact) mass is 511 g/mol. The van der Waals surface area contributed by atoms with Gasteiger partial charge in [-0.1, -0.05) is 72.4 Å². The van der Waals surface area contributed by atoms with Crippen LogP contribution in [-0.2, 0) is 12.2 Å². The predicted octanol–water partition coefficient (Wildman–Crippen LogP) is 5.20. The van der Waals surface area contributed by atoms with Crippen LogP contribution in [0.5, 0.6) is 5.75 Å². The summed E-state index contributed by atoms with van der Waals surface area (Å²) in [6, 6.07) is 27.6. The molecule has 0 aliphatic heterocycles. The Balaban J connectivity index is 1.29. The zero-order valence-electron chi connectivity index (χ0n) is 20.2. The highest BCUT2D eigenvalue weighted by Gasteiger charge is 2.18. The van der Waals surface area contributed by atoms with Gasteiger partial charge in [0, 0.05) is 17.8 Å². The molecule has 5 aromatic rings. The molecule has 0 unspecified atom stereocenters. The Morgan fingerprint density at radius 3 is 2.57 bits per heavy atom. The van der Waals surface area contributed by atoms with E-state index in [9.17, 15) is 4.79 Å². The molecule has 0 aliphatic rings. The minimum atomic E-state index is -0.260. The molecule has 37 heavy (non-hydrogen) atoms. The number of nitrogens with zero attached hydrogens (tertiary/aromatic N) is 4. The van der Waals surface area contributed by atoms with Crippen LogP contribution >= 0.6 is 11.8 Å². The molecule has 2 heterocycles. The summed E-state index contributed by atoms with van der Waals surface area (Å²) >= 11 is 1.43. The molecule has 2 aromatic heterocycles. The Kier molecular flexibility index (Phi) is 7.61. The van der Waals surface area contributed by atoms with Gasteiger partial charge >= 0.3 is 0 Å². The molecule has 0 saturated carbocycles. The van der Waals surface area contributed by atoms with Gasteiger partial charge in [-0.05, 0) is 36.2 Å². The highest BCUT2D eigenvalue weighted by atomic mass is 32.2. The van der Waals surface area contributed by atoms with Crippen LogP contribution < -0.4 is 10.1 Å². The molecule has 0 aliphatic carbocycles. The van der Waals surface area contributed by atoms with E-state index >= 15 is 0 Å². The number of para-hydroxylation sites is 1. The summed E-state index contributed by atoms with van der Waals surface area (Å²) in [7, 11) is 1.64. The third kappa shape index (κ3) is 5.90. The van der Waals surface area contributed by atoms with Crippen LogP contribution in [0.15, 0.2) is 101 Å². The van der Waals surface area contributed by atoms with Crippen molar-refractivity contribution in [2.75, 3.05) is 13.7 Å². The van der Waals surface area contributed by atoms with Crippen molar-refractivity contribution in [3.8, 4) is 22.8 Å². The van der Waals surface area contributed by atoms with Crippen LogP contribution in [0, 0.1) is 0 Å². The molecule has 0 radical (unpaired) electrons. The van der Waals surface area contributed by atoms with Crippen molar-refractivity contribution < 1.29 is 13.9 Å². The van der Waals surface area contributed by atoms with Gasteiger partial charge in [0.05, 0.1) is 12.9 Å². The summed E-state index contributed by atoms with van der Waals surface area (Å²) in [6.45, 7) is 0.521. The van der Waals surface area contributed by atoms with Crippen molar-refractivity contribution in [1.29, 1.82) is 0 Å². The molecule has 0 bridgehead atoms. The fourth-order valence-electron chi connectivity index (χ4n) is 3.79. The van der Waals surface area contributed by atoms with Gasteiger partial charge < -0.3 is 14.5 Å². The van der Waals surface area contributed by atoms with E-state index in [4.69, 9.17) is 9.15 Å². The largest absolute Gasteiger partial charge is 0.497 e. The molecular weight excluding hydrogens is 486 g/mol. The Labute approximate surface area is 218 Å². The standard InChI is InChI=1S/C28H25N5O3S/c1-35-23-14-8-11-21(17-23)26-31-32-28(33(26)22-12-6-3-7-13-22)37-19-25-30-24(18-36-25)27(34)29-16-15-20-9-4-2-5-10-20/h2-14,17-18H,15-16,19H2,1H3,(H,29,34). The van der Waals surface area contributed by atoms with E-state index < -0.39 is 0 Å². The number of oxazole rings is 1. The number of methoxy groups -OCH3 is 1.